The van der Waals surface area contributed by atoms with Crippen LogP contribution in [-0.2, 0) is 4.74 Å². The van der Waals surface area contributed by atoms with Gasteiger partial charge in [-0.1, -0.05) is 12.1 Å². The molecule has 1 fully saturated rings. The number of nitrogens with one attached hydrogen (secondary N) is 1. The van der Waals surface area contributed by atoms with Gasteiger partial charge in [0.15, 0.2) is 0 Å². The van der Waals surface area contributed by atoms with Crippen molar-refractivity contribution in [3.05, 3.63) is 48.2 Å². The van der Waals surface area contributed by atoms with E-state index in [1.54, 1.807) is 23.2 Å². The van der Waals surface area contributed by atoms with Crippen LogP contribution in [0, 0.1) is 5.92 Å². The van der Waals surface area contributed by atoms with E-state index in [4.69, 9.17) is 14.6 Å². The Morgan fingerprint density at radius 3 is 2.39 bits per heavy atom. The van der Waals surface area contributed by atoms with E-state index < -0.39 is 5.60 Å². The minimum atomic E-state index is -0.479. The van der Waals surface area contributed by atoms with Gasteiger partial charge in [0.25, 0.3) is 5.91 Å². The molecule has 0 radical (unpaired) electrons. The topological polar surface area (TPSA) is 101 Å². The molecule has 0 bridgehead atoms. The van der Waals surface area contributed by atoms with E-state index in [2.05, 4.69) is 10.3 Å². The number of ether oxygens (including phenoxy) is 2. The summed E-state index contributed by atoms with van der Waals surface area (Å²) in [6.45, 7) is 7.70. The maximum atomic E-state index is 12.2. The fraction of sp³-hybridized carbons (Fsp3) is 0.480. The molecular weight excluding hydrogens is 422 g/mol. The molecule has 3 rings (SSSR count). The third-order valence-electron chi connectivity index (χ3n) is 5.33. The second-order valence-corrected chi connectivity index (χ2v) is 9.16. The minimum Gasteiger partial charge on any atom is -0.492 e. The van der Waals surface area contributed by atoms with Crippen molar-refractivity contribution in [1.82, 2.24) is 15.2 Å². The lowest BCUT2D eigenvalue weighted by atomic mass is 9.98. The van der Waals surface area contributed by atoms with Crippen LogP contribution in [-0.4, -0.2) is 65.4 Å². The Balaban J connectivity index is 1.46. The predicted octanol–water partition coefficient (Wildman–Crippen LogP) is 3.50. The number of piperidine rings is 1. The largest absolute Gasteiger partial charge is 0.492 e. The molecule has 1 aliphatic rings. The van der Waals surface area contributed by atoms with Crippen LogP contribution >= 0.6 is 0 Å². The van der Waals surface area contributed by atoms with E-state index >= 15 is 0 Å². The van der Waals surface area contributed by atoms with E-state index in [9.17, 15) is 9.59 Å². The second kappa shape index (κ2) is 11.1. The first-order valence-corrected chi connectivity index (χ1v) is 11.3. The smallest absolute Gasteiger partial charge is 0.410 e. The number of aliphatic hydroxyl groups excluding tert-OH is 1. The maximum Gasteiger partial charge on any atom is 0.410 e. The molecule has 0 spiro atoms. The van der Waals surface area contributed by atoms with Crippen LogP contribution in [0.4, 0.5) is 4.79 Å². The summed E-state index contributed by atoms with van der Waals surface area (Å²) >= 11 is 0. The molecule has 2 amide bonds. The van der Waals surface area contributed by atoms with Gasteiger partial charge in [0.05, 0.1) is 25.1 Å². The molecule has 8 heteroatoms. The molecule has 1 aliphatic heterocycles. The highest BCUT2D eigenvalue weighted by Gasteiger charge is 2.27. The van der Waals surface area contributed by atoms with Crippen LogP contribution in [0.5, 0.6) is 5.75 Å². The quantitative estimate of drug-likeness (QED) is 0.663. The number of carbonyl (C=O) groups is 2. The number of amides is 2. The van der Waals surface area contributed by atoms with Crippen LogP contribution < -0.4 is 10.1 Å². The molecule has 33 heavy (non-hydrogen) atoms. The number of benzene rings is 1. The number of likely N-dealkylation sites (tertiary alicyclic amines) is 1. The monoisotopic (exact) mass is 455 g/mol. The Labute approximate surface area is 194 Å². The van der Waals surface area contributed by atoms with E-state index in [1.165, 1.54) is 0 Å². The normalized spacial score (nSPS) is 14.6. The number of hydrogen-bond donors (Lipinski definition) is 2. The van der Waals surface area contributed by atoms with Gasteiger partial charge in [0, 0.05) is 30.8 Å². The minimum absolute atomic E-state index is 0.0898. The molecule has 0 unspecified atom stereocenters. The van der Waals surface area contributed by atoms with E-state index in [1.807, 2.05) is 45.0 Å². The molecular formula is C25H33N3O5. The molecule has 178 valence electrons. The van der Waals surface area contributed by atoms with Crippen LogP contribution in [0.1, 0.15) is 44.0 Å². The fourth-order valence-corrected chi connectivity index (χ4v) is 3.52. The van der Waals surface area contributed by atoms with Crippen LogP contribution in [0.25, 0.3) is 11.3 Å². The Morgan fingerprint density at radius 2 is 1.82 bits per heavy atom. The zero-order valence-electron chi connectivity index (χ0n) is 19.5. The van der Waals surface area contributed by atoms with Gasteiger partial charge in [0.1, 0.15) is 11.4 Å². The van der Waals surface area contributed by atoms with Gasteiger partial charge < -0.3 is 24.8 Å². The molecule has 0 saturated carbocycles. The lowest BCUT2D eigenvalue weighted by Gasteiger charge is -2.33. The van der Waals surface area contributed by atoms with E-state index in [0.717, 1.165) is 24.1 Å². The van der Waals surface area contributed by atoms with Crippen molar-refractivity contribution >= 4 is 12.0 Å². The van der Waals surface area contributed by atoms with Crippen molar-refractivity contribution in [3.8, 4) is 17.0 Å². The van der Waals surface area contributed by atoms with E-state index in [-0.39, 0.29) is 25.2 Å². The summed E-state index contributed by atoms with van der Waals surface area (Å²) in [4.78, 5) is 30.3. The van der Waals surface area contributed by atoms with Crippen molar-refractivity contribution in [3.63, 3.8) is 0 Å². The average molecular weight is 456 g/mol. The average Bonchev–Trinajstić information content (AvgIpc) is 2.81. The molecule has 2 N–H and O–H groups in total. The maximum absolute atomic E-state index is 12.2. The van der Waals surface area contributed by atoms with Crippen molar-refractivity contribution in [2.24, 2.45) is 5.92 Å². The molecule has 2 aromatic rings. The Morgan fingerprint density at radius 1 is 1.12 bits per heavy atom. The molecule has 8 nitrogen and oxygen atoms in total. The number of nitrogens with zero attached hydrogens (tertiary/aromatic N) is 2. The first kappa shape index (κ1) is 24.5. The highest BCUT2D eigenvalue weighted by Crippen LogP contribution is 2.23. The summed E-state index contributed by atoms with van der Waals surface area (Å²) in [5.41, 5.74) is 1.74. The molecule has 0 atom stereocenters. The van der Waals surface area contributed by atoms with Gasteiger partial charge in [-0.2, -0.15) is 0 Å². The summed E-state index contributed by atoms with van der Waals surface area (Å²) in [7, 11) is 0. The Kier molecular flexibility index (Phi) is 8.27. The van der Waals surface area contributed by atoms with Gasteiger partial charge in [-0.15, -0.1) is 0 Å². The van der Waals surface area contributed by atoms with Crippen LogP contribution in [0.3, 0.4) is 0 Å². The summed E-state index contributed by atoms with van der Waals surface area (Å²) in [5, 5.41) is 11.4. The molecule has 1 aromatic heterocycles. The molecule has 2 heterocycles. The first-order valence-electron chi connectivity index (χ1n) is 11.3. The van der Waals surface area contributed by atoms with Crippen LogP contribution in [0.2, 0.25) is 0 Å². The zero-order chi connectivity index (χ0) is 23.8. The molecule has 0 aliphatic carbocycles. The van der Waals surface area contributed by atoms with Crippen molar-refractivity contribution < 1.29 is 24.2 Å². The lowest BCUT2D eigenvalue weighted by Crippen LogP contribution is -2.42. The van der Waals surface area contributed by atoms with Crippen molar-refractivity contribution in [1.29, 1.82) is 0 Å². The van der Waals surface area contributed by atoms with Gasteiger partial charge in [-0.25, -0.2) is 4.79 Å². The van der Waals surface area contributed by atoms with Gasteiger partial charge in [0.2, 0.25) is 0 Å². The predicted molar refractivity (Wildman–Crippen MR) is 125 cm³/mol. The number of hydrogen-bond acceptors (Lipinski definition) is 6. The van der Waals surface area contributed by atoms with Gasteiger partial charge >= 0.3 is 6.09 Å². The summed E-state index contributed by atoms with van der Waals surface area (Å²) in [6, 6.07) is 10.9. The van der Waals surface area contributed by atoms with Gasteiger partial charge in [-0.3, -0.25) is 9.78 Å². The third-order valence-corrected chi connectivity index (χ3v) is 5.33. The zero-order valence-corrected chi connectivity index (χ0v) is 19.5. The third kappa shape index (κ3) is 7.46. The number of carbonyl (C=O) groups excluding carboxylic acids is 2. The highest BCUT2D eigenvalue weighted by atomic mass is 16.6. The van der Waals surface area contributed by atoms with E-state index in [0.29, 0.717) is 36.9 Å². The van der Waals surface area contributed by atoms with Crippen molar-refractivity contribution in [2.45, 2.75) is 39.2 Å². The Hall–Kier alpha value is -3.13. The van der Waals surface area contributed by atoms with Gasteiger partial charge in [-0.05, 0) is 63.8 Å². The summed E-state index contributed by atoms with van der Waals surface area (Å²) in [6.07, 6.45) is 3.21. The summed E-state index contributed by atoms with van der Waals surface area (Å²) in [5.74, 6) is 0.866. The number of pyridine rings is 1. The molecule has 1 aromatic carbocycles. The molecule has 1 saturated heterocycles. The SMILES string of the molecule is CC(C)(C)OC(=O)N1CCC(COc2ccc(-c3ccc(C(=O)NCCO)cc3)nc2)CC1. The number of aliphatic hydroxyl groups is 1. The number of rotatable bonds is 7. The summed E-state index contributed by atoms with van der Waals surface area (Å²) < 4.78 is 11.4. The first-order chi connectivity index (χ1) is 15.7. The fourth-order valence-electron chi connectivity index (χ4n) is 3.52. The number of aromatic nitrogens is 1. The highest BCUT2D eigenvalue weighted by molar-refractivity contribution is 5.94. The van der Waals surface area contributed by atoms with Crippen molar-refractivity contribution in [2.75, 3.05) is 32.8 Å². The second-order valence-electron chi connectivity index (χ2n) is 9.16. The Bertz CT molecular complexity index is 915. The lowest BCUT2D eigenvalue weighted by molar-refractivity contribution is 0.0165. The van der Waals surface area contributed by atoms with Crippen LogP contribution in [0.15, 0.2) is 42.6 Å². The standard InChI is InChI=1S/C25H33N3O5/c1-25(2,3)33-24(31)28-13-10-18(11-14-28)17-32-21-8-9-22(27-16-21)19-4-6-20(7-5-19)23(30)26-12-15-29/h4-9,16,18,29H,10-15,17H2,1-3H3,(H,26,30).